The largest absolute Gasteiger partial charge is 0.497 e. The molecular weight excluding hydrogens is 382 g/mol. The number of ether oxygens (including phenoxy) is 2. The van der Waals surface area contributed by atoms with Crippen molar-refractivity contribution in [2.75, 3.05) is 26.8 Å². The molecule has 0 saturated carbocycles. The second-order valence-corrected chi connectivity index (χ2v) is 7.55. The Morgan fingerprint density at radius 3 is 2.53 bits per heavy atom. The predicted octanol–water partition coefficient (Wildman–Crippen LogP) is 3.29. The molecule has 0 spiro atoms. The molecule has 1 aliphatic heterocycles. The molecule has 1 saturated heterocycles. The van der Waals surface area contributed by atoms with Crippen LogP contribution in [-0.2, 0) is 20.7 Å². The number of amides is 1. The summed E-state index contributed by atoms with van der Waals surface area (Å²) in [6.45, 7) is 2.62. The van der Waals surface area contributed by atoms with E-state index in [1.807, 2.05) is 24.3 Å². The summed E-state index contributed by atoms with van der Waals surface area (Å²) in [4.78, 5) is 40.1. The molecule has 0 radical (unpaired) electrons. The molecule has 2 aromatic rings. The molecule has 3 rings (SSSR count). The number of Topliss-reactive ketones (excluding diaryl/α,β-unsaturated/α-hetero) is 1. The average molecular weight is 409 g/mol. The lowest BCUT2D eigenvalue weighted by Gasteiger charge is -2.40. The van der Waals surface area contributed by atoms with Crippen molar-refractivity contribution in [1.29, 1.82) is 0 Å². The quantitative estimate of drug-likeness (QED) is 0.399. The molecule has 0 aromatic heterocycles. The lowest BCUT2D eigenvalue weighted by atomic mass is 9.75. The second kappa shape index (κ2) is 9.57. The molecule has 2 aromatic carbocycles. The van der Waals surface area contributed by atoms with Crippen LogP contribution in [0.5, 0.6) is 5.75 Å². The van der Waals surface area contributed by atoms with Crippen LogP contribution in [0, 0.1) is 5.41 Å². The Bertz CT molecular complexity index is 911. The van der Waals surface area contributed by atoms with Gasteiger partial charge in [-0.25, -0.2) is 0 Å². The van der Waals surface area contributed by atoms with Crippen molar-refractivity contribution < 1.29 is 23.9 Å². The van der Waals surface area contributed by atoms with Crippen LogP contribution in [0.25, 0.3) is 0 Å². The maximum Gasteiger partial charge on any atom is 0.314 e. The van der Waals surface area contributed by atoms with Crippen molar-refractivity contribution in [2.24, 2.45) is 5.41 Å². The summed E-state index contributed by atoms with van der Waals surface area (Å²) < 4.78 is 10.7. The van der Waals surface area contributed by atoms with Crippen molar-refractivity contribution in [1.82, 2.24) is 4.90 Å². The average Bonchev–Trinajstić information content (AvgIpc) is 2.79. The van der Waals surface area contributed by atoms with Gasteiger partial charge < -0.3 is 14.4 Å². The highest BCUT2D eigenvalue weighted by molar-refractivity contribution is 6.42. The fourth-order valence-electron chi connectivity index (χ4n) is 4.00. The van der Waals surface area contributed by atoms with E-state index >= 15 is 0 Å². The normalized spacial score (nSPS) is 18.5. The number of piperidine rings is 1. The molecule has 1 atom stereocenters. The molecule has 0 unspecified atom stereocenters. The molecule has 1 fully saturated rings. The van der Waals surface area contributed by atoms with Crippen molar-refractivity contribution in [3.63, 3.8) is 0 Å². The van der Waals surface area contributed by atoms with Crippen LogP contribution in [0.3, 0.4) is 0 Å². The van der Waals surface area contributed by atoms with Crippen LogP contribution in [-0.4, -0.2) is 49.4 Å². The third-order valence-electron chi connectivity index (χ3n) is 5.48. The van der Waals surface area contributed by atoms with Crippen LogP contribution in [0.1, 0.15) is 35.7 Å². The fraction of sp³-hybridized carbons (Fsp3) is 0.375. The molecule has 30 heavy (non-hydrogen) atoms. The minimum Gasteiger partial charge on any atom is -0.497 e. The van der Waals surface area contributed by atoms with Crippen LogP contribution >= 0.6 is 0 Å². The van der Waals surface area contributed by atoms with E-state index < -0.39 is 17.1 Å². The highest BCUT2D eigenvalue weighted by Gasteiger charge is 2.45. The molecule has 6 heteroatoms. The van der Waals surface area contributed by atoms with Gasteiger partial charge in [0.25, 0.3) is 5.91 Å². The number of ketones is 1. The summed E-state index contributed by atoms with van der Waals surface area (Å²) in [6, 6.07) is 16.0. The maximum absolute atomic E-state index is 13.0. The van der Waals surface area contributed by atoms with Gasteiger partial charge in [0.1, 0.15) is 5.75 Å². The first-order valence-electron chi connectivity index (χ1n) is 10.2. The monoisotopic (exact) mass is 409 g/mol. The van der Waals surface area contributed by atoms with Gasteiger partial charge in [-0.2, -0.15) is 0 Å². The standard InChI is InChI=1S/C24H27NO5/c1-3-30-23(28)24(16-18-9-7-12-20(15-18)29-2)13-8-14-25(17-24)22(27)21(26)19-10-5-4-6-11-19/h4-7,9-12,15H,3,8,13-14,16-17H2,1-2H3/t24-/m1/s1. The predicted molar refractivity (Wildman–Crippen MR) is 112 cm³/mol. The Hall–Kier alpha value is -3.15. The van der Waals surface area contributed by atoms with Crippen LogP contribution in [0.4, 0.5) is 0 Å². The molecule has 1 aliphatic rings. The van der Waals surface area contributed by atoms with Crippen molar-refractivity contribution in [3.8, 4) is 5.75 Å². The first kappa shape index (κ1) is 21.6. The van der Waals surface area contributed by atoms with Gasteiger partial charge in [0, 0.05) is 18.7 Å². The van der Waals surface area contributed by atoms with Crippen molar-refractivity contribution in [2.45, 2.75) is 26.2 Å². The van der Waals surface area contributed by atoms with Crippen LogP contribution in [0.2, 0.25) is 0 Å². The van der Waals surface area contributed by atoms with Gasteiger partial charge in [0.2, 0.25) is 5.78 Å². The van der Waals surface area contributed by atoms with E-state index in [0.29, 0.717) is 37.1 Å². The summed E-state index contributed by atoms with van der Waals surface area (Å²) in [7, 11) is 1.59. The summed E-state index contributed by atoms with van der Waals surface area (Å²) in [5.41, 5.74) is 0.376. The minimum atomic E-state index is -0.896. The number of hydrogen-bond acceptors (Lipinski definition) is 5. The maximum atomic E-state index is 13.0. The Kier molecular flexibility index (Phi) is 6.87. The van der Waals surface area contributed by atoms with Crippen LogP contribution < -0.4 is 4.74 Å². The number of rotatable bonds is 7. The summed E-state index contributed by atoms with van der Waals surface area (Å²) in [6.07, 6.45) is 1.62. The third-order valence-corrected chi connectivity index (χ3v) is 5.48. The number of methoxy groups -OCH3 is 1. The van der Waals surface area contributed by atoms with E-state index in [-0.39, 0.29) is 19.1 Å². The highest BCUT2D eigenvalue weighted by atomic mass is 16.5. The zero-order chi connectivity index (χ0) is 21.6. The van der Waals surface area contributed by atoms with E-state index in [0.717, 1.165) is 5.56 Å². The molecule has 6 nitrogen and oxygen atoms in total. The summed E-state index contributed by atoms with van der Waals surface area (Å²) in [5.74, 6) is -0.774. The van der Waals surface area contributed by atoms with Gasteiger partial charge in [-0.3, -0.25) is 14.4 Å². The Morgan fingerprint density at radius 1 is 1.07 bits per heavy atom. The number of hydrogen-bond donors (Lipinski definition) is 0. The third kappa shape index (κ3) is 4.70. The second-order valence-electron chi connectivity index (χ2n) is 7.55. The van der Waals surface area contributed by atoms with Gasteiger partial charge in [0.05, 0.1) is 19.1 Å². The van der Waals surface area contributed by atoms with Gasteiger partial charge in [-0.15, -0.1) is 0 Å². The molecular formula is C24H27NO5. The Labute approximate surface area is 176 Å². The Morgan fingerprint density at radius 2 is 1.83 bits per heavy atom. The smallest absolute Gasteiger partial charge is 0.314 e. The van der Waals surface area contributed by atoms with E-state index in [4.69, 9.17) is 9.47 Å². The number of nitrogens with zero attached hydrogens (tertiary/aromatic N) is 1. The number of esters is 1. The minimum absolute atomic E-state index is 0.153. The zero-order valence-corrected chi connectivity index (χ0v) is 17.4. The Balaban J connectivity index is 1.86. The molecule has 0 aliphatic carbocycles. The van der Waals surface area contributed by atoms with E-state index in [1.54, 1.807) is 44.4 Å². The zero-order valence-electron chi connectivity index (χ0n) is 17.4. The molecule has 0 N–H and O–H groups in total. The number of carbonyl (C=O) groups is 3. The first-order valence-corrected chi connectivity index (χ1v) is 10.2. The topological polar surface area (TPSA) is 72.9 Å². The number of likely N-dealkylation sites (tertiary alicyclic amines) is 1. The summed E-state index contributed by atoms with van der Waals surface area (Å²) in [5, 5.41) is 0. The van der Waals surface area contributed by atoms with Crippen molar-refractivity contribution in [3.05, 3.63) is 65.7 Å². The molecule has 1 heterocycles. The fourth-order valence-corrected chi connectivity index (χ4v) is 4.00. The van der Waals surface area contributed by atoms with Crippen molar-refractivity contribution >= 4 is 17.7 Å². The first-order chi connectivity index (χ1) is 14.5. The molecule has 1 amide bonds. The summed E-state index contributed by atoms with van der Waals surface area (Å²) >= 11 is 0. The van der Waals surface area contributed by atoms with Gasteiger partial charge in [0.15, 0.2) is 0 Å². The lowest BCUT2D eigenvalue weighted by Crippen LogP contribution is -2.53. The SMILES string of the molecule is CCOC(=O)[C@@]1(Cc2cccc(OC)c2)CCCN(C(=O)C(=O)c2ccccc2)C1. The van der Waals surface area contributed by atoms with E-state index in [2.05, 4.69) is 0 Å². The van der Waals surface area contributed by atoms with E-state index in [1.165, 1.54) is 4.90 Å². The lowest BCUT2D eigenvalue weighted by molar-refractivity contribution is -0.160. The van der Waals surface area contributed by atoms with Gasteiger partial charge in [-0.1, -0.05) is 42.5 Å². The van der Waals surface area contributed by atoms with Gasteiger partial charge >= 0.3 is 5.97 Å². The number of carbonyl (C=O) groups excluding carboxylic acids is 3. The van der Waals surface area contributed by atoms with Crippen LogP contribution in [0.15, 0.2) is 54.6 Å². The number of benzene rings is 2. The molecule has 158 valence electrons. The highest BCUT2D eigenvalue weighted by Crippen LogP contribution is 2.36. The molecule has 0 bridgehead atoms. The van der Waals surface area contributed by atoms with Gasteiger partial charge in [-0.05, 0) is 43.9 Å². The van der Waals surface area contributed by atoms with E-state index in [9.17, 15) is 14.4 Å².